The Balaban J connectivity index is 1.38. The van der Waals surface area contributed by atoms with E-state index in [0.717, 1.165) is 55.1 Å². The summed E-state index contributed by atoms with van der Waals surface area (Å²) in [5.41, 5.74) is 4.58. The summed E-state index contributed by atoms with van der Waals surface area (Å²) < 4.78 is 1.79. The lowest BCUT2D eigenvalue weighted by atomic mass is 10.0. The normalized spacial score (nSPS) is 17.2. The van der Waals surface area contributed by atoms with E-state index in [1.165, 1.54) is 19.3 Å². The fourth-order valence-electron chi connectivity index (χ4n) is 5.16. The van der Waals surface area contributed by atoms with Crippen LogP contribution in [0.3, 0.4) is 0 Å². The van der Waals surface area contributed by atoms with Crippen molar-refractivity contribution in [3.63, 3.8) is 0 Å². The number of aromatic nitrogens is 2. The highest BCUT2D eigenvalue weighted by molar-refractivity contribution is 5.94. The van der Waals surface area contributed by atoms with Gasteiger partial charge in [-0.1, -0.05) is 18.6 Å². The number of nitrogens with zero attached hydrogens (tertiary/aromatic N) is 4. The van der Waals surface area contributed by atoms with Crippen LogP contribution in [-0.2, 0) is 11.3 Å². The average molecular weight is 486 g/mol. The van der Waals surface area contributed by atoms with Gasteiger partial charge in [-0.25, -0.2) is 4.98 Å². The molecular formula is C29H35N5O2. The Morgan fingerprint density at radius 3 is 2.56 bits per heavy atom. The van der Waals surface area contributed by atoms with Gasteiger partial charge in [0.2, 0.25) is 5.91 Å². The monoisotopic (exact) mass is 485 g/mol. The number of allylic oxidation sites excluding steroid dienone is 1. The molecule has 0 bridgehead atoms. The quantitative estimate of drug-likeness (QED) is 0.552. The van der Waals surface area contributed by atoms with Crippen molar-refractivity contribution in [2.75, 3.05) is 43.9 Å². The van der Waals surface area contributed by atoms with Crippen LogP contribution in [0.4, 0.5) is 11.4 Å². The van der Waals surface area contributed by atoms with Crippen molar-refractivity contribution in [1.82, 2.24) is 14.5 Å². The van der Waals surface area contributed by atoms with Gasteiger partial charge < -0.3 is 15.1 Å². The van der Waals surface area contributed by atoms with E-state index in [9.17, 15) is 9.59 Å². The largest absolute Gasteiger partial charge is 0.378 e. The number of carbonyl (C=O) groups is 1. The second-order valence-corrected chi connectivity index (χ2v) is 10.1. The maximum absolute atomic E-state index is 13.3. The highest BCUT2D eigenvalue weighted by Crippen LogP contribution is 2.28. The number of anilines is 2. The first kappa shape index (κ1) is 24.3. The topological polar surface area (TPSA) is 70.5 Å². The van der Waals surface area contributed by atoms with Crippen LogP contribution < -0.4 is 15.8 Å². The van der Waals surface area contributed by atoms with E-state index in [1.54, 1.807) is 10.6 Å². The average Bonchev–Trinajstić information content (AvgIpc) is 2.89. The van der Waals surface area contributed by atoms with E-state index in [-0.39, 0.29) is 11.5 Å². The van der Waals surface area contributed by atoms with Crippen molar-refractivity contribution in [3.05, 3.63) is 64.2 Å². The molecule has 2 aromatic carbocycles. The summed E-state index contributed by atoms with van der Waals surface area (Å²) in [4.78, 5) is 35.2. The molecule has 36 heavy (non-hydrogen) atoms. The smallest absolute Gasteiger partial charge is 0.261 e. The molecule has 0 atom stereocenters. The Bertz CT molecular complexity index is 1330. The maximum Gasteiger partial charge on any atom is 0.261 e. The Morgan fingerprint density at radius 2 is 1.81 bits per heavy atom. The Hall–Kier alpha value is -3.45. The minimum absolute atomic E-state index is 0.00337. The van der Waals surface area contributed by atoms with Crippen molar-refractivity contribution < 1.29 is 4.79 Å². The Kier molecular flexibility index (Phi) is 7.18. The maximum atomic E-state index is 13.3. The summed E-state index contributed by atoms with van der Waals surface area (Å²) in [6.45, 7) is 3.62. The molecule has 188 valence electrons. The van der Waals surface area contributed by atoms with Gasteiger partial charge in [0, 0.05) is 45.0 Å². The van der Waals surface area contributed by atoms with E-state index < -0.39 is 0 Å². The number of fused-ring (bicyclic) bond motifs is 2. The minimum Gasteiger partial charge on any atom is -0.378 e. The third-order valence-corrected chi connectivity index (χ3v) is 7.21. The van der Waals surface area contributed by atoms with Crippen LogP contribution in [0.25, 0.3) is 22.6 Å². The molecule has 2 aliphatic heterocycles. The third kappa shape index (κ3) is 5.36. The zero-order valence-corrected chi connectivity index (χ0v) is 21.3. The van der Waals surface area contributed by atoms with Crippen LogP contribution in [0.15, 0.2) is 47.3 Å². The van der Waals surface area contributed by atoms with Crippen LogP contribution >= 0.6 is 0 Å². The molecule has 1 saturated heterocycles. The molecule has 1 aromatic heterocycles. The van der Waals surface area contributed by atoms with Gasteiger partial charge in [-0.2, -0.15) is 0 Å². The van der Waals surface area contributed by atoms with Crippen molar-refractivity contribution in [2.24, 2.45) is 0 Å². The van der Waals surface area contributed by atoms with Gasteiger partial charge in [0.25, 0.3) is 5.56 Å². The lowest BCUT2D eigenvalue weighted by molar-refractivity contribution is -0.116. The molecule has 0 spiro atoms. The second-order valence-electron chi connectivity index (χ2n) is 10.1. The van der Waals surface area contributed by atoms with Crippen molar-refractivity contribution in [3.8, 4) is 0 Å². The van der Waals surface area contributed by atoms with E-state index in [4.69, 9.17) is 4.98 Å². The number of hydrogen-bond acceptors (Lipinski definition) is 5. The summed E-state index contributed by atoms with van der Waals surface area (Å²) in [5.74, 6) is 0.723. The fraction of sp³-hybridized carbons (Fsp3) is 0.414. The molecule has 0 aliphatic carbocycles. The molecule has 2 aliphatic rings. The van der Waals surface area contributed by atoms with E-state index in [1.807, 2.05) is 26.2 Å². The van der Waals surface area contributed by atoms with Gasteiger partial charge in [-0.15, -0.1) is 0 Å². The molecule has 1 fully saturated rings. The van der Waals surface area contributed by atoms with Gasteiger partial charge in [-0.3, -0.25) is 14.2 Å². The molecule has 3 aromatic rings. The molecule has 1 N–H and O–H groups in total. The highest BCUT2D eigenvalue weighted by atomic mass is 16.1. The van der Waals surface area contributed by atoms with Gasteiger partial charge in [0.1, 0.15) is 5.82 Å². The first-order valence-electron chi connectivity index (χ1n) is 13.0. The lowest BCUT2D eigenvalue weighted by Gasteiger charge is -2.25. The number of nitrogens with one attached hydrogen (secondary N) is 1. The lowest BCUT2D eigenvalue weighted by Crippen LogP contribution is -2.32. The Morgan fingerprint density at radius 1 is 1.03 bits per heavy atom. The number of carbonyl (C=O) groups excluding carboxylic acids is 1. The van der Waals surface area contributed by atoms with Crippen molar-refractivity contribution in [1.29, 1.82) is 0 Å². The molecule has 1 amide bonds. The zero-order chi connectivity index (χ0) is 25.1. The number of likely N-dealkylation sites (tertiary alicyclic amines) is 1. The Labute approximate surface area is 212 Å². The molecule has 0 radical (unpaired) electrons. The number of piperidine rings is 1. The summed E-state index contributed by atoms with van der Waals surface area (Å²) in [6.07, 6.45) is 8.11. The van der Waals surface area contributed by atoms with Crippen LogP contribution in [0.5, 0.6) is 0 Å². The van der Waals surface area contributed by atoms with Gasteiger partial charge in [0.05, 0.1) is 10.9 Å². The van der Waals surface area contributed by atoms with Gasteiger partial charge >= 0.3 is 0 Å². The molecule has 5 rings (SSSR count). The zero-order valence-electron chi connectivity index (χ0n) is 21.3. The predicted octanol–water partition coefficient (Wildman–Crippen LogP) is 4.61. The third-order valence-electron chi connectivity index (χ3n) is 7.21. The molecule has 7 nitrogen and oxygen atoms in total. The summed E-state index contributed by atoms with van der Waals surface area (Å²) >= 11 is 0. The second kappa shape index (κ2) is 10.7. The molecule has 7 heteroatoms. The van der Waals surface area contributed by atoms with Crippen LogP contribution in [-0.4, -0.2) is 54.1 Å². The molecule has 0 saturated carbocycles. The van der Waals surface area contributed by atoms with Crippen LogP contribution in [0, 0.1) is 0 Å². The first-order valence-corrected chi connectivity index (χ1v) is 13.0. The minimum atomic E-state index is -0.0217. The summed E-state index contributed by atoms with van der Waals surface area (Å²) in [5, 5.41) is 3.59. The fourth-order valence-corrected chi connectivity index (χ4v) is 5.16. The van der Waals surface area contributed by atoms with Crippen molar-refractivity contribution >= 4 is 39.8 Å². The predicted molar refractivity (Wildman–Crippen MR) is 147 cm³/mol. The van der Waals surface area contributed by atoms with E-state index in [0.29, 0.717) is 29.6 Å². The standard InChI is InChI=1S/C29H35N5O2/c1-32(2)24-11-8-21(9-12-24)19-22-7-6-17-34-28(22)31-26-20-23(10-13-25(26)29(34)36)30-27(35)14-18-33-15-4-3-5-16-33/h8-13,19-20H,3-7,14-18H2,1-2H3,(H,30,35)/b22-19+. The number of benzene rings is 2. The molecule has 3 heterocycles. The summed E-state index contributed by atoms with van der Waals surface area (Å²) in [7, 11) is 4.05. The molecule has 0 unspecified atom stereocenters. The van der Waals surface area contributed by atoms with Gasteiger partial charge in [-0.05, 0) is 86.3 Å². The number of rotatable bonds is 6. The van der Waals surface area contributed by atoms with Crippen LogP contribution in [0.2, 0.25) is 0 Å². The molecular weight excluding hydrogens is 450 g/mol. The highest BCUT2D eigenvalue weighted by Gasteiger charge is 2.19. The van der Waals surface area contributed by atoms with Crippen molar-refractivity contribution in [2.45, 2.75) is 45.1 Å². The van der Waals surface area contributed by atoms with E-state index >= 15 is 0 Å². The number of hydrogen-bond donors (Lipinski definition) is 1. The first-order chi connectivity index (χ1) is 17.5. The van der Waals surface area contributed by atoms with E-state index in [2.05, 4.69) is 45.5 Å². The van der Waals surface area contributed by atoms with Crippen LogP contribution in [0.1, 0.15) is 49.9 Å². The SMILES string of the molecule is CN(C)c1ccc(/C=C2\CCCn3c2nc2cc(NC(=O)CCN4CCCCC4)ccc2c3=O)cc1. The summed E-state index contributed by atoms with van der Waals surface area (Å²) in [6, 6.07) is 13.8. The number of amides is 1. The van der Waals surface area contributed by atoms with Gasteiger partial charge in [0.15, 0.2) is 0 Å².